The van der Waals surface area contributed by atoms with Gasteiger partial charge in [0.05, 0.1) is 22.8 Å². The van der Waals surface area contributed by atoms with Crippen LogP contribution in [0.25, 0.3) is 0 Å². The highest BCUT2D eigenvalue weighted by Crippen LogP contribution is 2.28. The lowest BCUT2D eigenvalue weighted by Gasteiger charge is -2.26. The van der Waals surface area contributed by atoms with E-state index in [4.69, 9.17) is 5.73 Å². The summed E-state index contributed by atoms with van der Waals surface area (Å²) in [6.07, 6.45) is 0. The Morgan fingerprint density at radius 1 is 1.44 bits per heavy atom. The predicted octanol–water partition coefficient (Wildman–Crippen LogP) is 1.63. The van der Waals surface area contributed by atoms with Gasteiger partial charge in [0.2, 0.25) is 5.91 Å². The van der Waals surface area contributed by atoms with Crippen LogP contribution in [-0.4, -0.2) is 28.9 Å². The number of likely N-dealkylation sites (N-methyl/N-ethyl adjacent to an activating group) is 1. The molecular weight excluding hydrogens is 222 g/mol. The van der Waals surface area contributed by atoms with E-state index in [0.717, 1.165) is 15.6 Å². The molecule has 0 fully saturated rings. The minimum Gasteiger partial charge on any atom is -0.337 e. The van der Waals surface area contributed by atoms with Crippen molar-refractivity contribution in [2.24, 2.45) is 5.73 Å². The standard InChI is InChI=1S/C11H19N3OS/c1-6(12)11(15)14(5)8(3)10-7(2)13-9(4)16-10/h6,8H,12H2,1-5H3/t6-,8?/m1/s1. The number of carbonyl (C=O) groups is 1. The first-order chi connectivity index (χ1) is 7.34. The van der Waals surface area contributed by atoms with Gasteiger partial charge >= 0.3 is 0 Å². The third-order valence-electron chi connectivity index (χ3n) is 2.64. The summed E-state index contributed by atoms with van der Waals surface area (Å²) in [5, 5.41) is 1.03. The molecule has 0 saturated heterocycles. The smallest absolute Gasteiger partial charge is 0.239 e. The number of aromatic nitrogens is 1. The first-order valence-electron chi connectivity index (χ1n) is 5.30. The number of hydrogen-bond acceptors (Lipinski definition) is 4. The first kappa shape index (κ1) is 13.1. The Hall–Kier alpha value is -0.940. The molecule has 0 aromatic carbocycles. The molecule has 16 heavy (non-hydrogen) atoms. The summed E-state index contributed by atoms with van der Waals surface area (Å²) in [7, 11) is 1.78. The van der Waals surface area contributed by atoms with Crippen LogP contribution in [0.15, 0.2) is 0 Å². The van der Waals surface area contributed by atoms with Gasteiger partial charge in [0.25, 0.3) is 0 Å². The molecule has 4 nitrogen and oxygen atoms in total. The molecule has 0 radical (unpaired) electrons. The van der Waals surface area contributed by atoms with Crippen molar-refractivity contribution in [3.05, 3.63) is 15.6 Å². The van der Waals surface area contributed by atoms with Gasteiger partial charge in [0.1, 0.15) is 0 Å². The fourth-order valence-electron chi connectivity index (χ4n) is 1.62. The highest BCUT2D eigenvalue weighted by molar-refractivity contribution is 7.11. The number of rotatable bonds is 3. The predicted molar refractivity (Wildman–Crippen MR) is 66.4 cm³/mol. The summed E-state index contributed by atoms with van der Waals surface area (Å²) in [5.74, 6) is -0.0436. The SMILES string of the molecule is Cc1nc(C)c(C(C)N(C)C(=O)[C@@H](C)N)s1. The Balaban J connectivity index is 2.89. The molecule has 5 heteroatoms. The van der Waals surface area contributed by atoms with Crippen molar-refractivity contribution in [2.45, 2.75) is 39.8 Å². The van der Waals surface area contributed by atoms with Crippen LogP contribution in [-0.2, 0) is 4.79 Å². The quantitative estimate of drug-likeness (QED) is 0.875. The monoisotopic (exact) mass is 241 g/mol. The molecule has 1 aromatic rings. The van der Waals surface area contributed by atoms with Crippen LogP contribution in [0.2, 0.25) is 0 Å². The average molecular weight is 241 g/mol. The van der Waals surface area contributed by atoms with E-state index < -0.39 is 6.04 Å². The van der Waals surface area contributed by atoms with Crippen molar-refractivity contribution in [3.63, 3.8) is 0 Å². The fraction of sp³-hybridized carbons (Fsp3) is 0.636. The summed E-state index contributed by atoms with van der Waals surface area (Å²) in [6.45, 7) is 7.65. The van der Waals surface area contributed by atoms with E-state index in [1.54, 1.807) is 30.2 Å². The van der Waals surface area contributed by atoms with Gasteiger partial charge in [-0.3, -0.25) is 4.79 Å². The van der Waals surface area contributed by atoms with Gasteiger partial charge < -0.3 is 10.6 Å². The van der Waals surface area contributed by atoms with Gasteiger partial charge in [0, 0.05) is 11.9 Å². The molecular formula is C11H19N3OS. The third kappa shape index (κ3) is 2.59. The zero-order valence-corrected chi connectivity index (χ0v) is 11.3. The molecule has 0 spiro atoms. The summed E-state index contributed by atoms with van der Waals surface area (Å²) < 4.78 is 0. The summed E-state index contributed by atoms with van der Waals surface area (Å²) in [4.78, 5) is 18.9. The van der Waals surface area contributed by atoms with E-state index >= 15 is 0 Å². The van der Waals surface area contributed by atoms with Crippen LogP contribution in [0.5, 0.6) is 0 Å². The van der Waals surface area contributed by atoms with Gasteiger partial charge in [-0.25, -0.2) is 4.98 Å². The molecule has 2 N–H and O–H groups in total. The van der Waals surface area contributed by atoms with E-state index in [1.165, 1.54) is 0 Å². The maximum atomic E-state index is 11.8. The molecule has 1 unspecified atom stereocenters. The van der Waals surface area contributed by atoms with Crippen molar-refractivity contribution in [2.75, 3.05) is 7.05 Å². The van der Waals surface area contributed by atoms with E-state index in [1.807, 2.05) is 20.8 Å². The van der Waals surface area contributed by atoms with Gasteiger partial charge in [-0.05, 0) is 27.7 Å². The number of nitrogens with zero attached hydrogens (tertiary/aromatic N) is 2. The largest absolute Gasteiger partial charge is 0.337 e. The molecule has 0 aliphatic rings. The van der Waals surface area contributed by atoms with E-state index in [9.17, 15) is 4.79 Å². The molecule has 1 aromatic heterocycles. The zero-order chi connectivity index (χ0) is 12.5. The van der Waals surface area contributed by atoms with Crippen molar-refractivity contribution in [1.29, 1.82) is 0 Å². The van der Waals surface area contributed by atoms with Crippen LogP contribution in [0.4, 0.5) is 0 Å². The van der Waals surface area contributed by atoms with Crippen molar-refractivity contribution >= 4 is 17.2 Å². The van der Waals surface area contributed by atoms with Crippen molar-refractivity contribution in [1.82, 2.24) is 9.88 Å². The topological polar surface area (TPSA) is 59.2 Å². The van der Waals surface area contributed by atoms with Crippen molar-refractivity contribution < 1.29 is 4.79 Å². The van der Waals surface area contributed by atoms with Crippen LogP contribution in [0.1, 0.15) is 35.5 Å². The van der Waals surface area contributed by atoms with Gasteiger partial charge in [-0.1, -0.05) is 0 Å². The highest BCUT2D eigenvalue weighted by Gasteiger charge is 2.23. The van der Waals surface area contributed by atoms with E-state index in [2.05, 4.69) is 4.98 Å². The molecule has 0 aliphatic carbocycles. The first-order valence-corrected chi connectivity index (χ1v) is 6.12. The maximum Gasteiger partial charge on any atom is 0.239 e. The van der Waals surface area contributed by atoms with Gasteiger partial charge in [-0.2, -0.15) is 0 Å². The molecule has 90 valence electrons. The summed E-state index contributed by atoms with van der Waals surface area (Å²) in [5.41, 5.74) is 6.59. The van der Waals surface area contributed by atoms with Gasteiger partial charge in [0.15, 0.2) is 0 Å². The molecule has 1 rings (SSSR count). The third-order valence-corrected chi connectivity index (χ3v) is 3.88. The number of carbonyl (C=O) groups excluding carboxylic acids is 1. The molecule has 0 aliphatic heterocycles. The van der Waals surface area contributed by atoms with Crippen LogP contribution in [0.3, 0.4) is 0 Å². The van der Waals surface area contributed by atoms with Crippen LogP contribution in [0, 0.1) is 13.8 Å². The Labute approximate surface area is 100 Å². The van der Waals surface area contributed by atoms with E-state index in [-0.39, 0.29) is 11.9 Å². The van der Waals surface area contributed by atoms with Gasteiger partial charge in [-0.15, -0.1) is 11.3 Å². The summed E-state index contributed by atoms with van der Waals surface area (Å²) >= 11 is 1.63. The Morgan fingerprint density at radius 3 is 2.38 bits per heavy atom. The molecule has 0 saturated carbocycles. The molecule has 2 atom stereocenters. The average Bonchev–Trinajstić information content (AvgIpc) is 2.54. The molecule has 1 heterocycles. The number of nitrogens with two attached hydrogens (primary N) is 1. The molecule has 1 amide bonds. The Morgan fingerprint density at radius 2 is 2.00 bits per heavy atom. The highest BCUT2D eigenvalue weighted by atomic mass is 32.1. The Kier molecular flexibility index (Phi) is 4.04. The number of hydrogen-bond donors (Lipinski definition) is 1. The minimum absolute atomic E-state index is 0.0321. The second-order valence-corrected chi connectivity index (χ2v) is 5.33. The second-order valence-electron chi connectivity index (χ2n) is 4.10. The molecule has 0 bridgehead atoms. The van der Waals surface area contributed by atoms with Crippen LogP contribution < -0.4 is 5.73 Å². The lowest BCUT2D eigenvalue weighted by molar-refractivity contribution is -0.132. The maximum absolute atomic E-state index is 11.8. The van der Waals surface area contributed by atoms with E-state index in [0.29, 0.717) is 0 Å². The van der Waals surface area contributed by atoms with Crippen LogP contribution >= 0.6 is 11.3 Å². The lowest BCUT2D eigenvalue weighted by atomic mass is 10.2. The lowest BCUT2D eigenvalue weighted by Crippen LogP contribution is -2.40. The Bertz CT molecular complexity index is 387. The number of thiazole rings is 1. The number of aryl methyl sites for hydroxylation is 2. The zero-order valence-electron chi connectivity index (χ0n) is 10.4. The summed E-state index contributed by atoms with van der Waals surface area (Å²) in [6, 6.07) is -0.425. The minimum atomic E-state index is -0.457. The number of amides is 1. The fourth-order valence-corrected chi connectivity index (χ4v) is 2.65. The second kappa shape index (κ2) is 4.93. The van der Waals surface area contributed by atoms with Crippen molar-refractivity contribution in [3.8, 4) is 0 Å². The normalized spacial score (nSPS) is 14.6.